The van der Waals surface area contributed by atoms with E-state index in [2.05, 4.69) is 15.9 Å². The highest BCUT2D eigenvalue weighted by Crippen LogP contribution is 2.33. The average Bonchev–Trinajstić information content (AvgIpc) is 2.15. The first kappa shape index (κ1) is 13.0. The molecule has 88 valence electrons. The van der Waals surface area contributed by atoms with Crippen LogP contribution in [0.4, 0.5) is 13.2 Å². The Morgan fingerprint density at radius 2 is 2.00 bits per heavy atom. The van der Waals surface area contributed by atoms with Crippen molar-refractivity contribution in [3.8, 4) is 0 Å². The maximum Gasteiger partial charge on any atom is 0.416 e. The molecule has 1 aromatic rings. The van der Waals surface area contributed by atoms with Gasteiger partial charge in [-0.15, -0.1) is 0 Å². The van der Waals surface area contributed by atoms with E-state index in [4.69, 9.17) is 10.8 Å². The summed E-state index contributed by atoms with van der Waals surface area (Å²) in [5.74, 6) is -1.31. The third kappa shape index (κ3) is 2.73. The third-order valence-electron chi connectivity index (χ3n) is 1.93. The zero-order valence-electron chi connectivity index (χ0n) is 7.75. The summed E-state index contributed by atoms with van der Waals surface area (Å²) >= 11 is 2.87. The molecule has 0 bridgehead atoms. The summed E-state index contributed by atoms with van der Waals surface area (Å²) in [7, 11) is 0. The van der Waals surface area contributed by atoms with Crippen LogP contribution in [-0.2, 0) is 11.0 Å². The normalized spacial score (nSPS) is 13.6. The van der Waals surface area contributed by atoms with E-state index in [-0.39, 0.29) is 10.0 Å². The topological polar surface area (TPSA) is 63.3 Å². The van der Waals surface area contributed by atoms with Gasteiger partial charge >= 0.3 is 12.1 Å². The minimum absolute atomic E-state index is 0.0252. The van der Waals surface area contributed by atoms with Crippen molar-refractivity contribution in [1.82, 2.24) is 0 Å². The molecule has 0 spiro atoms. The number of hydrogen-bond donors (Lipinski definition) is 2. The molecular formula is C9H7BrF3NO2. The molecule has 16 heavy (non-hydrogen) atoms. The van der Waals surface area contributed by atoms with Crippen LogP contribution in [0.1, 0.15) is 17.2 Å². The summed E-state index contributed by atoms with van der Waals surface area (Å²) in [6.45, 7) is 0. The third-order valence-corrected chi connectivity index (χ3v) is 2.62. The predicted molar refractivity (Wildman–Crippen MR) is 53.7 cm³/mol. The van der Waals surface area contributed by atoms with Crippen LogP contribution in [0.2, 0.25) is 0 Å². The lowest BCUT2D eigenvalue weighted by atomic mass is 10.1. The van der Waals surface area contributed by atoms with Gasteiger partial charge in [0, 0.05) is 4.47 Å². The van der Waals surface area contributed by atoms with E-state index < -0.39 is 23.8 Å². The van der Waals surface area contributed by atoms with Crippen LogP contribution in [0.25, 0.3) is 0 Å². The Balaban J connectivity index is 3.15. The van der Waals surface area contributed by atoms with Crippen LogP contribution in [0.5, 0.6) is 0 Å². The highest BCUT2D eigenvalue weighted by molar-refractivity contribution is 9.10. The molecular weight excluding hydrogens is 291 g/mol. The lowest BCUT2D eigenvalue weighted by molar-refractivity contribution is -0.138. The van der Waals surface area contributed by atoms with Gasteiger partial charge in [-0.05, 0) is 17.7 Å². The van der Waals surface area contributed by atoms with Gasteiger partial charge in [0.1, 0.15) is 6.04 Å². The lowest BCUT2D eigenvalue weighted by Gasteiger charge is -2.12. The van der Waals surface area contributed by atoms with Crippen LogP contribution >= 0.6 is 15.9 Å². The minimum Gasteiger partial charge on any atom is -0.480 e. The van der Waals surface area contributed by atoms with Crippen LogP contribution < -0.4 is 5.73 Å². The summed E-state index contributed by atoms with van der Waals surface area (Å²) in [6, 6.07) is 1.30. The molecule has 0 aliphatic heterocycles. The number of aliphatic carboxylic acids is 1. The molecule has 1 rings (SSSR count). The molecule has 0 saturated carbocycles. The van der Waals surface area contributed by atoms with Crippen molar-refractivity contribution in [2.45, 2.75) is 12.2 Å². The smallest absolute Gasteiger partial charge is 0.416 e. The highest BCUT2D eigenvalue weighted by atomic mass is 79.9. The summed E-state index contributed by atoms with van der Waals surface area (Å²) in [5, 5.41) is 8.62. The summed E-state index contributed by atoms with van der Waals surface area (Å²) in [4.78, 5) is 10.6. The van der Waals surface area contributed by atoms with Crippen molar-refractivity contribution >= 4 is 21.9 Å². The van der Waals surface area contributed by atoms with E-state index >= 15 is 0 Å². The van der Waals surface area contributed by atoms with E-state index in [1.165, 1.54) is 0 Å². The molecule has 3 nitrogen and oxygen atoms in total. The molecule has 1 aromatic carbocycles. The number of benzene rings is 1. The monoisotopic (exact) mass is 297 g/mol. The summed E-state index contributed by atoms with van der Waals surface area (Å²) in [5.41, 5.74) is 4.52. The highest BCUT2D eigenvalue weighted by Gasteiger charge is 2.31. The van der Waals surface area contributed by atoms with Crippen molar-refractivity contribution in [2.24, 2.45) is 5.73 Å². The molecule has 0 radical (unpaired) electrons. The van der Waals surface area contributed by atoms with Crippen LogP contribution in [0.15, 0.2) is 22.7 Å². The molecule has 3 N–H and O–H groups in total. The number of nitrogens with two attached hydrogens (primary N) is 1. The molecule has 7 heteroatoms. The maximum absolute atomic E-state index is 12.3. The van der Waals surface area contributed by atoms with Gasteiger partial charge in [0.25, 0.3) is 0 Å². The van der Waals surface area contributed by atoms with E-state index in [1.807, 2.05) is 0 Å². The van der Waals surface area contributed by atoms with Gasteiger partial charge in [-0.1, -0.05) is 22.0 Å². The molecule has 1 atom stereocenters. The Morgan fingerprint density at radius 3 is 2.38 bits per heavy atom. The molecule has 0 saturated heterocycles. The molecule has 0 fully saturated rings. The van der Waals surface area contributed by atoms with E-state index in [1.54, 1.807) is 0 Å². The minimum atomic E-state index is -4.46. The SMILES string of the molecule is N[C@@H](C(=O)O)c1ccc(C(F)(F)F)cc1Br. The summed E-state index contributed by atoms with van der Waals surface area (Å²) < 4.78 is 36.9. The first-order valence-electron chi connectivity index (χ1n) is 4.08. The number of rotatable bonds is 2. The van der Waals surface area contributed by atoms with Gasteiger partial charge < -0.3 is 10.8 Å². The zero-order chi connectivity index (χ0) is 12.5. The molecule has 0 aromatic heterocycles. The molecule has 0 amide bonds. The fourth-order valence-electron chi connectivity index (χ4n) is 1.09. The van der Waals surface area contributed by atoms with Crippen molar-refractivity contribution in [2.75, 3.05) is 0 Å². The number of alkyl halides is 3. The van der Waals surface area contributed by atoms with Crippen LogP contribution in [0.3, 0.4) is 0 Å². The van der Waals surface area contributed by atoms with Gasteiger partial charge in [-0.3, -0.25) is 4.79 Å². The first-order chi connectivity index (χ1) is 7.23. The van der Waals surface area contributed by atoms with Crippen molar-refractivity contribution < 1.29 is 23.1 Å². The number of hydrogen-bond acceptors (Lipinski definition) is 2. The molecule has 0 aliphatic carbocycles. The Morgan fingerprint density at radius 1 is 1.44 bits per heavy atom. The van der Waals surface area contributed by atoms with Crippen molar-refractivity contribution in [3.63, 3.8) is 0 Å². The Hall–Kier alpha value is -1.08. The van der Waals surface area contributed by atoms with Crippen LogP contribution in [-0.4, -0.2) is 11.1 Å². The van der Waals surface area contributed by atoms with E-state index in [9.17, 15) is 18.0 Å². The van der Waals surface area contributed by atoms with Gasteiger partial charge in [-0.2, -0.15) is 13.2 Å². The number of carbonyl (C=O) groups is 1. The van der Waals surface area contributed by atoms with Crippen LogP contribution in [0, 0.1) is 0 Å². The fourth-order valence-corrected chi connectivity index (χ4v) is 1.71. The second-order valence-corrected chi connectivity index (χ2v) is 3.90. The quantitative estimate of drug-likeness (QED) is 0.882. The average molecular weight is 298 g/mol. The second kappa shape index (κ2) is 4.42. The van der Waals surface area contributed by atoms with Crippen molar-refractivity contribution in [1.29, 1.82) is 0 Å². The van der Waals surface area contributed by atoms with Crippen molar-refractivity contribution in [3.05, 3.63) is 33.8 Å². The van der Waals surface area contributed by atoms with Gasteiger partial charge in [0.15, 0.2) is 0 Å². The largest absolute Gasteiger partial charge is 0.480 e. The number of halogens is 4. The Kier molecular flexibility index (Phi) is 3.59. The molecule has 0 aliphatic rings. The van der Waals surface area contributed by atoms with Gasteiger partial charge in [0.05, 0.1) is 5.56 Å². The Bertz CT molecular complexity index is 420. The fraction of sp³-hybridized carbons (Fsp3) is 0.222. The van der Waals surface area contributed by atoms with Gasteiger partial charge in [0.2, 0.25) is 0 Å². The standard InChI is InChI=1S/C9H7BrF3NO2/c10-6-3-4(9(11,12)13)1-2-5(6)7(14)8(15)16/h1-3,7H,14H2,(H,15,16)/t7-/m1/s1. The number of carboxylic acid groups (broad SMARTS) is 1. The Labute approximate surface area is 97.2 Å². The summed E-state index contributed by atoms with van der Waals surface area (Å²) in [6.07, 6.45) is -4.46. The molecule has 0 heterocycles. The number of carboxylic acids is 1. The van der Waals surface area contributed by atoms with Gasteiger partial charge in [-0.25, -0.2) is 0 Å². The molecule has 0 unspecified atom stereocenters. The van der Waals surface area contributed by atoms with E-state index in [0.29, 0.717) is 0 Å². The predicted octanol–water partition coefficient (Wildman–Crippen LogP) is 2.55. The lowest BCUT2D eigenvalue weighted by Crippen LogP contribution is -2.21. The van der Waals surface area contributed by atoms with E-state index in [0.717, 1.165) is 18.2 Å². The zero-order valence-corrected chi connectivity index (χ0v) is 9.34. The second-order valence-electron chi connectivity index (χ2n) is 3.05. The first-order valence-corrected chi connectivity index (χ1v) is 4.88. The maximum atomic E-state index is 12.3.